The van der Waals surface area contributed by atoms with E-state index in [1.165, 1.54) is 18.2 Å². The van der Waals surface area contributed by atoms with Gasteiger partial charge in [0.15, 0.2) is 0 Å². The molecular formula is C12H16F2N2O2. The summed E-state index contributed by atoms with van der Waals surface area (Å²) in [4.78, 5) is 11.5. The van der Waals surface area contributed by atoms with Crippen LogP contribution in [0.15, 0.2) is 24.3 Å². The maximum Gasteiger partial charge on any atom is 0.387 e. The van der Waals surface area contributed by atoms with E-state index >= 15 is 0 Å². The first-order chi connectivity index (χ1) is 8.61. The lowest BCUT2D eigenvalue weighted by molar-refractivity contribution is -0.115. The zero-order valence-electron chi connectivity index (χ0n) is 10.1. The monoisotopic (exact) mass is 258 g/mol. The summed E-state index contributed by atoms with van der Waals surface area (Å²) in [5, 5.41) is 5.53. The number of nitrogens with one attached hydrogen (secondary N) is 2. The van der Waals surface area contributed by atoms with Crippen LogP contribution >= 0.6 is 0 Å². The fourth-order valence-electron chi connectivity index (χ4n) is 1.33. The normalized spacial score (nSPS) is 10.4. The fraction of sp³-hybridized carbons (Fsp3) is 0.417. The van der Waals surface area contributed by atoms with Crippen molar-refractivity contribution in [2.24, 2.45) is 0 Å². The molecule has 0 aliphatic rings. The minimum absolute atomic E-state index is 0.0179. The Hall–Kier alpha value is -1.69. The molecule has 6 heteroatoms. The molecule has 0 radical (unpaired) electrons. The van der Waals surface area contributed by atoms with Crippen molar-refractivity contribution in [3.63, 3.8) is 0 Å². The van der Waals surface area contributed by atoms with Crippen LogP contribution in [0.5, 0.6) is 5.75 Å². The second-order valence-corrected chi connectivity index (χ2v) is 3.63. The number of hydrogen-bond acceptors (Lipinski definition) is 3. The van der Waals surface area contributed by atoms with Gasteiger partial charge in [-0.2, -0.15) is 8.78 Å². The summed E-state index contributed by atoms with van der Waals surface area (Å²) in [5.74, 6) is -0.207. The first kappa shape index (κ1) is 14.4. The summed E-state index contributed by atoms with van der Waals surface area (Å²) in [6.45, 7) is 0.0633. The van der Waals surface area contributed by atoms with Crippen LogP contribution in [0.4, 0.5) is 14.5 Å². The molecule has 1 aromatic rings. The second-order valence-electron chi connectivity index (χ2n) is 3.63. The summed E-state index contributed by atoms with van der Waals surface area (Å²) >= 11 is 0. The largest absolute Gasteiger partial charge is 0.435 e. The van der Waals surface area contributed by atoms with Gasteiger partial charge in [-0.15, -0.1) is 0 Å². The molecule has 0 aromatic heterocycles. The number of rotatable bonds is 7. The van der Waals surface area contributed by atoms with Crippen molar-refractivity contribution in [1.82, 2.24) is 5.32 Å². The van der Waals surface area contributed by atoms with Crippen molar-refractivity contribution in [2.45, 2.75) is 20.0 Å². The zero-order chi connectivity index (χ0) is 13.4. The highest BCUT2D eigenvalue weighted by Gasteiger charge is 2.06. The number of hydrogen-bond donors (Lipinski definition) is 2. The first-order valence-electron chi connectivity index (χ1n) is 5.67. The van der Waals surface area contributed by atoms with Gasteiger partial charge < -0.3 is 15.4 Å². The number of halogens is 2. The Labute approximate surface area is 104 Å². The lowest BCUT2D eigenvalue weighted by Gasteiger charge is -2.08. The molecule has 2 N–H and O–H groups in total. The highest BCUT2D eigenvalue weighted by atomic mass is 19.3. The van der Waals surface area contributed by atoms with Gasteiger partial charge in [-0.1, -0.05) is 13.0 Å². The van der Waals surface area contributed by atoms with Crippen molar-refractivity contribution < 1.29 is 18.3 Å². The third-order valence-corrected chi connectivity index (χ3v) is 2.06. The lowest BCUT2D eigenvalue weighted by atomic mass is 10.3. The molecule has 0 aliphatic carbocycles. The lowest BCUT2D eigenvalue weighted by Crippen LogP contribution is -2.28. The molecule has 0 aliphatic heterocycles. The topological polar surface area (TPSA) is 50.4 Å². The van der Waals surface area contributed by atoms with Crippen LogP contribution in [0.3, 0.4) is 0 Å². The maximum absolute atomic E-state index is 12.0. The van der Waals surface area contributed by atoms with Gasteiger partial charge in [-0.3, -0.25) is 4.79 Å². The third-order valence-electron chi connectivity index (χ3n) is 2.06. The molecule has 0 fully saturated rings. The highest BCUT2D eigenvalue weighted by Crippen LogP contribution is 2.19. The molecule has 1 amide bonds. The van der Waals surface area contributed by atoms with Crippen LogP contribution in [-0.4, -0.2) is 25.6 Å². The van der Waals surface area contributed by atoms with Crippen LogP contribution in [-0.2, 0) is 4.79 Å². The number of carbonyl (C=O) groups excluding carboxylic acids is 1. The average Bonchev–Trinajstić information content (AvgIpc) is 2.28. The Bertz CT molecular complexity index is 386. The van der Waals surface area contributed by atoms with E-state index in [9.17, 15) is 13.6 Å². The SMILES string of the molecule is CCCNCC(=O)Nc1cccc(OC(F)F)c1. The van der Waals surface area contributed by atoms with Crippen LogP contribution < -0.4 is 15.4 Å². The van der Waals surface area contributed by atoms with Crippen LogP contribution in [0.2, 0.25) is 0 Å². The summed E-state index contributed by atoms with van der Waals surface area (Å²) in [7, 11) is 0. The maximum atomic E-state index is 12.0. The van der Waals surface area contributed by atoms with E-state index in [4.69, 9.17) is 0 Å². The van der Waals surface area contributed by atoms with Gasteiger partial charge in [0.2, 0.25) is 5.91 Å². The number of amides is 1. The van der Waals surface area contributed by atoms with Gasteiger partial charge in [0.25, 0.3) is 0 Å². The molecule has 0 saturated heterocycles. The predicted molar refractivity (Wildman–Crippen MR) is 64.9 cm³/mol. The van der Waals surface area contributed by atoms with Crippen molar-refractivity contribution >= 4 is 11.6 Å². The molecule has 4 nitrogen and oxygen atoms in total. The van der Waals surface area contributed by atoms with Gasteiger partial charge >= 0.3 is 6.61 Å². The second kappa shape index (κ2) is 7.60. The Morgan fingerprint density at radius 3 is 2.89 bits per heavy atom. The molecular weight excluding hydrogens is 242 g/mol. The van der Waals surface area contributed by atoms with Crippen LogP contribution in [0.25, 0.3) is 0 Å². The molecule has 0 heterocycles. The number of carbonyl (C=O) groups is 1. The summed E-state index contributed by atoms with van der Waals surface area (Å²) in [6.07, 6.45) is 0.936. The van der Waals surface area contributed by atoms with Gasteiger partial charge in [0.05, 0.1) is 6.54 Å². The van der Waals surface area contributed by atoms with E-state index in [2.05, 4.69) is 15.4 Å². The van der Waals surface area contributed by atoms with E-state index in [1.807, 2.05) is 6.92 Å². The molecule has 0 spiro atoms. The fourth-order valence-corrected chi connectivity index (χ4v) is 1.33. The molecule has 0 bridgehead atoms. The third kappa shape index (κ3) is 5.58. The minimum atomic E-state index is -2.87. The molecule has 1 aromatic carbocycles. The minimum Gasteiger partial charge on any atom is -0.435 e. The van der Waals surface area contributed by atoms with Gasteiger partial charge in [-0.05, 0) is 25.1 Å². The highest BCUT2D eigenvalue weighted by molar-refractivity contribution is 5.92. The number of ether oxygens (including phenoxy) is 1. The van der Waals surface area contributed by atoms with Crippen molar-refractivity contribution in [2.75, 3.05) is 18.4 Å². The molecule has 100 valence electrons. The van der Waals surface area contributed by atoms with Crippen molar-refractivity contribution in [3.05, 3.63) is 24.3 Å². The number of anilines is 1. The molecule has 0 saturated carbocycles. The van der Waals surface area contributed by atoms with Gasteiger partial charge in [0.1, 0.15) is 5.75 Å². The summed E-state index contributed by atoms with van der Waals surface area (Å²) in [5.41, 5.74) is 0.427. The summed E-state index contributed by atoms with van der Waals surface area (Å²) in [6, 6.07) is 5.89. The summed E-state index contributed by atoms with van der Waals surface area (Å²) < 4.78 is 28.2. The van der Waals surface area contributed by atoms with E-state index in [1.54, 1.807) is 6.07 Å². The Kier molecular flexibility index (Phi) is 6.07. The Balaban J connectivity index is 2.48. The van der Waals surface area contributed by atoms with E-state index < -0.39 is 6.61 Å². The van der Waals surface area contributed by atoms with Gasteiger partial charge in [0, 0.05) is 11.8 Å². The van der Waals surface area contributed by atoms with E-state index in [-0.39, 0.29) is 18.2 Å². The standard InChI is InChI=1S/C12H16F2N2O2/c1-2-6-15-8-11(17)16-9-4-3-5-10(7-9)18-12(13)14/h3-5,7,12,15H,2,6,8H2,1H3,(H,16,17). The van der Waals surface area contributed by atoms with E-state index in [0.29, 0.717) is 5.69 Å². The van der Waals surface area contributed by atoms with Crippen LogP contribution in [0.1, 0.15) is 13.3 Å². The van der Waals surface area contributed by atoms with Gasteiger partial charge in [-0.25, -0.2) is 0 Å². The number of benzene rings is 1. The molecule has 0 unspecified atom stereocenters. The zero-order valence-corrected chi connectivity index (χ0v) is 10.1. The Morgan fingerprint density at radius 1 is 1.44 bits per heavy atom. The molecule has 18 heavy (non-hydrogen) atoms. The van der Waals surface area contributed by atoms with Crippen molar-refractivity contribution in [3.8, 4) is 5.75 Å². The smallest absolute Gasteiger partial charge is 0.387 e. The van der Waals surface area contributed by atoms with Crippen LogP contribution in [0, 0.1) is 0 Å². The quantitative estimate of drug-likeness (QED) is 0.737. The molecule has 1 rings (SSSR count). The van der Waals surface area contributed by atoms with E-state index in [0.717, 1.165) is 13.0 Å². The first-order valence-corrected chi connectivity index (χ1v) is 5.67. The van der Waals surface area contributed by atoms with Crippen molar-refractivity contribution in [1.29, 1.82) is 0 Å². The molecule has 0 atom stereocenters. The number of alkyl halides is 2. The predicted octanol–water partition coefficient (Wildman–Crippen LogP) is 2.23. The Morgan fingerprint density at radius 2 is 2.22 bits per heavy atom. The average molecular weight is 258 g/mol.